The summed E-state index contributed by atoms with van der Waals surface area (Å²) in [5.74, 6) is 0.0127. The average Bonchev–Trinajstić information content (AvgIpc) is 2.77. The van der Waals surface area contributed by atoms with Crippen LogP contribution in [0.3, 0.4) is 0 Å². The Bertz CT molecular complexity index is 832. The number of anilines is 1. The molecule has 0 saturated carbocycles. The van der Waals surface area contributed by atoms with Gasteiger partial charge in [-0.15, -0.1) is 0 Å². The predicted molar refractivity (Wildman–Crippen MR) is 109 cm³/mol. The molecule has 1 amide bonds. The lowest BCUT2D eigenvalue weighted by Gasteiger charge is -2.23. The van der Waals surface area contributed by atoms with E-state index >= 15 is 0 Å². The molecule has 27 heavy (non-hydrogen) atoms. The number of halogens is 1. The Hall–Kier alpha value is -2.10. The molecular weight excluding hydrogens is 356 g/mol. The zero-order chi connectivity index (χ0) is 18.7. The van der Waals surface area contributed by atoms with E-state index in [2.05, 4.69) is 69.8 Å². The van der Waals surface area contributed by atoms with Crippen molar-refractivity contribution in [1.82, 2.24) is 0 Å². The van der Waals surface area contributed by atoms with Crippen molar-refractivity contribution in [1.29, 1.82) is 0 Å². The molecule has 1 aliphatic rings. The largest absolute Gasteiger partial charge is 1.00 e. The van der Waals surface area contributed by atoms with Gasteiger partial charge in [0.25, 0.3) is 5.91 Å². The highest BCUT2D eigenvalue weighted by Gasteiger charge is 2.15. The van der Waals surface area contributed by atoms with E-state index in [-0.39, 0.29) is 18.3 Å². The maximum Gasteiger partial charge on any atom is 0.251 e. The molecule has 2 aromatic carbocycles. The number of hydrogen-bond donors (Lipinski definition) is 1. The van der Waals surface area contributed by atoms with E-state index in [1.54, 1.807) is 0 Å². The van der Waals surface area contributed by atoms with Gasteiger partial charge >= 0.3 is 0 Å². The predicted octanol–water partition coefficient (Wildman–Crippen LogP) is 1.56. The monoisotopic (exact) mass is 384 g/mol. The first-order valence-corrected chi connectivity index (χ1v) is 9.31. The third-order valence-corrected chi connectivity index (χ3v) is 4.68. The van der Waals surface area contributed by atoms with E-state index in [9.17, 15) is 4.79 Å². The Balaban J connectivity index is 0.00000261. The van der Waals surface area contributed by atoms with Crippen molar-refractivity contribution in [2.24, 2.45) is 0 Å². The number of quaternary nitrogens is 1. The van der Waals surface area contributed by atoms with Crippen molar-refractivity contribution >= 4 is 17.7 Å². The van der Waals surface area contributed by atoms with Gasteiger partial charge in [-0.05, 0) is 55.5 Å². The lowest BCUT2D eigenvalue weighted by molar-refractivity contribution is -0.884. The molecule has 0 atom stereocenters. The van der Waals surface area contributed by atoms with Crippen molar-refractivity contribution in [3.63, 3.8) is 0 Å². The van der Waals surface area contributed by atoms with Crippen LogP contribution in [0.4, 0.5) is 5.69 Å². The standard InChI is InChI=1S/C23H28N2O.ClH/c1-17-8-11-19-6-5-7-20(15-21(19)14-17)23(26)24-22-12-9-18(10-13-22)16-25(2,3)4;/h8-15H,5-7,16H2,1-4H3;1H. The van der Waals surface area contributed by atoms with Crippen LogP contribution in [0, 0.1) is 6.92 Å². The summed E-state index contributed by atoms with van der Waals surface area (Å²) in [7, 11) is 6.52. The number of nitrogens with zero attached hydrogens (tertiary/aromatic N) is 1. The summed E-state index contributed by atoms with van der Waals surface area (Å²) < 4.78 is 0.886. The first-order chi connectivity index (χ1) is 12.3. The summed E-state index contributed by atoms with van der Waals surface area (Å²) in [5, 5.41) is 3.06. The minimum absolute atomic E-state index is 0. The molecule has 1 aliphatic carbocycles. The summed E-state index contributed by atoms with van der Waals surface area (Å²) in [6.45, 7) is 3.06. The van der Waals surface area contributed by atoms with E-state index in [4.69, 9.17) is 0 Å². The molecule has 4 heteroatoms. The number of fused-ring (bicyclic) bond motifs is 1. The minimum Gasteiger partial charge on any atom is -1.00 e. The molecule has 0 aliphatic heterocycles. The number of amides is 1. The second kappa shape index (κ2) is 8.73. The molecule has 0 aromatic heterocycles. The van der Waals surface area contributed by atoms with E-state index in [0.717, 1.165) is 41.6 Å². The van der Waals surface area contributed by atoms with Crippen molar-refractivity contribution < 1.29 is 21.7 Å². The smallest absolute Gasteiger partial charge is 0.251 e. The Labute approximate surface area is 169 Å². The van der Waals surface area contributed by atoms with E-state index in [1.807, 2.05) is 12.1 Å². The van der Waals surface area contributed by atoms with Gasteiger partial charge in [0.1, 0.15) is 6.54 Å². The molecule has 144 valence electrons. The lowest BCUT2D eigenvalue weighted by atomic mass is 10.0. The summed E-state index contributed by atoms with van der Waals surface area (Å²) in [6.07, 6.45) is 4.93. The number of carbonyl (C=O) groups is 1. The third-order valence-electron chi connectivity index (χ3n) is 4.68. The van der Waals surface area contributed by atoms with Gasteiger partial charge < -0.3 is 22.2 Å². The van der Waals surface area contributed by atoms with E-state index in [1.165, 1.54) is 22.3 Å². The molecule has 0 unspecified atom stereocenters. The summed E-state index contributed by atoms with van der Waals surface area (Å²) >= 11 is 0. The molecule has 1 N–H and O–H groups in total. The molecule has 3 nitrogen and oxygen atoms in total. The number of hydrogen-bond acceptors (Lipinski definition) is 1. The van der Waals surface area contributed by atoms with Crippen LogP contribution in [0.2, 0.25) is 0 Å². The Morgan fingerprint density at radius 1 is 1.04 bits per heavy atom. The molecule has 2 aromatic rings. The Morgan fingerprint density at radius 2 is 1.74 bits per heavy atom. The molecule has 0 heterocycles. The van der Waals surface area contributed by atoms with Gasteiger partial charge in [-0.1, -0.05) is 35.9 Å². The van der Waals surface area contributed by atoms with Crippen LogP contribution >= 0.6 is 0 Å². The van der Waals surface area contributed by atoms with Crippen LogP contribution in [0.15, 0.2) is 48.0 Å². The summed E-state index contributed by atoms with van der Waals surface area (Å²) in [6, 6.07) is 14.7. The maximum absolute atomic E-state index is 12.7. The van der Waals surface area contributed by atoms with Crippen LogP contribution in [0.1, 0.15) is 35.1 Å². The summed E-state index contributed by atoms with van der Waals surface area (Å²) in [5.41, 5.74) is 6.75. The van der Waals surface area contributed by atoms with Crippen LogP contribution < -0.4 is 17.7 Å². The molecule has 0 spiro atoms. The van der Waals surface area contributed by atoms with Gasteiger partial charge in [-0.3, -0.25) is 4.79 Å². The van der Waals surface area contributed by atoms with Crippen LogP contribution in [0.25, 0.3) is 6.08 Å². The van der Waals surface area contributed by atoms with Gasteiger partial charge in [-0.25, -0.2) is 0 Å². The highest BCUT2D eigenvalue weighted by Crippen LogP contribution is 2.25. The van der Waals surface area contributed by atoms with Crippen molar-refractivity contribution in [3.05, 3.63) is 70.3 Å². The van der Waals surface area contributed by atoms with Gasteiger partial charge in [0.2, 0.25) is 0 Å². The number of nitrogens with one attached hydrogen (secondary N) is 1. The molecule has 0 radical (unpaired) electrons. The minimum atomic E-state index is 0. The van der Waals surface area contributed by atoms with Gasteiger partial charge in [-0.2, -0.15) is 0 Å². The van der Waals surface area contributed by atoms with Crippen LogP contribution in [0.5, 0.6) is 0 Å². The fourth-order valence-electron chi connectivity index (χ4n) is 3.44. The number of carbonyl (C=O) groups excluding carboxylic acids is 1. The van der Waals surface area contributed by atoms with Gasteiger partial charge in [0, 0.05) is 16.8 Å². The zero-order valence-electron chi connectivity index (χ0n) is 16.7. The number of aryl methyl sites for hydroxylation is 2. The fourth-order valence-corrected chi connectivity index (χ4v) is 3.44. The maximum atomic E-state index is 12.7. The van der Waals surface area contributed by atoms with Crippen molar-refractivity contribution in [2.45, 2.75) is 32.7 Å². The van der Waals surface area contributed by atoms with Crippen LogP contribution in [-0.2, 0) is 17.8 Å². The molecular formula is C23H29ClN2O. The second-order valence-electron chi connectivity index (χ2n) is 8.32. The zero-order valence-corrected chi connectivity index (χ0v) is 17.4. The topological polar surface area (TPSA) is 29.1 Å². The number of rotatable bonds is 4. The average molecular weight is 385 g/mol. The third kappa shape index (κ3) is 5.95. The number of benzene rings is 2. The van der Waals surface area contributed by atoms with E-state index < -0.39 is 0 Å². The molecule has 0 bridgehead atoms. The first-order valence-electron chi connectivity index (χ1n) is 9.31. The van der Waals surface area contributed by atoms with E-state index in [0.29, 0.717) is 0 Å². The normalized spacial score (nSPS) is 13.7. The Morgan fingerprint density at radius 3 is 2.41 bits per heavy atom. The molecule has 3 rings (SSSR count). The molecule has 0 saturated heterocycles. The van der Waals surface area contributed by atoms with Crippen molar-refractivity contribution in [2.75, 3.05) is 26.5 Å². The first kappa shape index (κ1) is 21.2. The van der Waals surface area contributed by atoms with Crippen LogP contribution in [-0.4, -0.2) is 31.5 Å². The quantitative estimate of drug-likeness (QED) is 0.796. The van der Waals surface area contributed by atoms with Gasteiger partial charge in [0.15, 0.2) is 0 Å². The highest BCUT2D eigenvalue weighted by molar-refractivity contribution is 6.06. The second-order valence-corrected chi connectivity index (χ2v) is 8.32. The fraction of sp³-hybridized carbons (Fsp3) is 0.348. The van der Waals surface area contributed by atoms with Crippen molar-refractivity contribution in [3.8, 4) is 0 Å². The SMILES string of the molecule is Cc1ccc2c(c1)C=C(C(=O)Nc1ccc(C[N+](C)(C)C)cc1)CCC2.[Cl-]. The Kier molecular flexibility index (Phi) is 6.85. The lowest BCUT2D eigenvalue weighted by Crippen LogP contribution is -3.00. The van der Waals surface area contributed by atoms with Gasteiger partial charge in [0.05, 0.1) is 21.1 Å². The summed E-state index contributed by atoms with van der Waals surface area (Å²) in [4.78, 5) is 12.7. The highest BCUT2D eigenvalue weighted by atomic mass is 35.5. The molecule has 0 fully saturated rings.